The Balaban J connectivity index is 2.45. The first-order valence-corrected chi connectivity index (χ1v) is 7.12. The monoisotopic (exact) mass is 284 g/mol. The highest BCUT2D eigenvalue weighted by Gasteiger charge is 2.62. The SMILES string of the molecule is CCOC12CCC(OCC)(CC1)[C@H](C(=O)[O-])[C@H]2C(=O)[O-]. The van der Waals surface area contributed by atoms with Crippen molar-refractivity contribution in [2.45, 2.75) is 50.7 Å². The predicted octanol–water partition coefficient (Wildman–Crippen LogP) is -1.14. The fraction of sp³-hybridized carbons (Fsp3) is 0.857. The lowest BCUT2D eigenvalue weighted by Crippen LogP contribution is -2.70. The molecule has 3 aliphatic rings. The molecule has 0 aliphatic heterocycles. The van der Waals surface area contributed by atoms with Gasteiger partial charge < -0.3 is 29.3 Å². The van der Waals surface area contributed by atoms with Crippen molar-refractivity contribution in [2.24, 2.45) is 11.8 Å². The number of carbonyl (C=O) groups excluding carboxylic acids is 2. The molecule has 3 rings (SSSR count). The van der Waals surface area contributed by atoms with Gasteiger partial charge in [-0.2, -0.15) is 0 Å². The molecule has 0 aromatic heterocycles. The second-order valence-corrected chi connectivity index (χ2v) is 5.59. The van der Waals surface area contributed by atoms with Crippen LogP contribution in [0.5, 0.6) is 0 Å². The van der Waals surface area contributed by atoms with E-state index in [1.807, 2.05) is 0 Å². The Hall–Kier alpha value is -1.14. The Kier molecular flexibility index (Phi) is 4.07. The van der Waals surface area contributed by atoms with Crippen molar-refractivity contribution in [1.29, 1.82) is 0 Å². The van der Waals surface area contributed by atoms with Crippen LogP contribution < -0.4 is 10.2 Å². The van der Waals surface area contributed by atoms with E-state index in [1.165, 1.54) is 0 Å². The Morgan fingerprint density at radius 3 is 1.40 bits per heavy atom. The molecule has 0 saturated heterocycles. The average Bonchev–Trinajstić information content (AvgIpc) is 2.39. The normalized spacial score (nSPS) is 39.7. The Morgan fingerprint density at radius 1 is 0.900 bits per heavy atom. The predicted molar refractivity (Wildman–Crippen MR) is 64.2 cm³/mol. The van der Waals surface area contributed by atoms with Crippen molar-refractivity contribution < 1.29 is 29.3 Å². The van der Waals surface area contributed by atoms with Crippen molar-refractivity contribution in [3.05, 3.63) is 0 Å². The van der Waals surface area contributed by atoms with Gasteiger partial charge in [0.1, 0.15) is 0 Å². The summed E-state index contributed by atoms with van der Waals surface area (Å²) >= 11 is 0. The smallest absolute Gasteiger partial charge is 0.0771 e. The maximum atomic E-state index is 11.5. The maximum absolute atomic E-state index is 11.5. The van der Waals surface area contributed by atoms with Crippen LogP contribution in [0.3, 0.4) is 0 Å². The summed E-state index contributed by atoms with van der Waals surface area (Å²) in [4.78, 5) is 23.1. The number of hydrogen-bond acceptors (Lipinski definition) is 6. The molecule has 3 saturated carbocycles. The van der Waals surface area contributed by atoms with Crippen LogP contribution in [-0.2, 0) is 19.1 Å². The minimum atomic E-state index is -1.39. The number of aliphatic carboxylic acids is 2. The molecule has 0 amide bonds. The highest BCUT2D eigenvalue weighted by atomic mass is 16.5. The van der Waals surface area contributed by atoms with Crippen molar-refractivity contribution in [3.8, 4) is 0 Å². The third-order valence-electron chi connectivity index (χ3n) is 4.78. The standard InChI is InChI=1S/C14H22O6/c1-3-19-13-5-7-14(8-6-13,20-4-2)10(12(17)18)9(13)11(15)16/h9-10H,3-8H2,1-2H3,(H,15,16)(H,17,18)/p-2/t9-,10-,13?,14?/m0/s1. The summed E-state index contributed by atoms with van der Waals surface area (Å²) in [7, 11) is 0. The Morgan fingerprint density at radius 2 is 1.20 bits per heavy atom. The van der Waals surface area contributed by atoms with Crippen molar-refractivity contribution >= 4 is 11.9 Å². The first kappa shape index (κ1) is 15.3. The van der Waals surface area contributed by atoms with Crippen LogP contribution in [0.2, 0.25) is 0 Å². The number of carbonyl (C=O) groups is 2. The fourth-order valence-corrected chi connectivity index (χ4v) is 4.07. The van der Waals surface area contributed by atoms with E-state index in [-0.39, 0.29) is 0 Å². The minimum absolute atomic E-state index is 0.338. The Bertz CT molecular complexity index is 358. The number of fused-ring (bicyclic) bond motifs is 3. The summed E-state index contributed by atoms with van der Waals surface area (Å²) in [5, 5.41) is 23.1. The molecule has 6 heteroatoms. The number of carboxylic acids is 2. The summed E-state index contributed by atoms with van der Waals surface area (Å²) in [6.07, 6.45) is 1.90. The Labute approximate surface area is 118 Å². The molecule has 0 aromatic rings. The molecule has 6 nitrogen and oxygen atoms in total. The van der Waals surface area contributed by atoms with Crippen LogP contribution >= 0.6 is 0 Å². The van der Waals surface area contributed by atoms with Gasteiger partial charge in [-0.1, -0.05) is 0 Å². The van der Waals surface area contributed by atoms with Gasteiger partial charge in [0, 0.05) is 37.0 Å². The quantitative estimate of drug-likeness (QED) is 0.611. The molecule has 0 heterocycles. The van der Waals surface area contributed by atoms with Crippen molar-refractivity contribution in [3.63, 3.8) is 0 Å². The molecule has 0 radical (unpaired) electrons. The number of rotatable bonds is 6. The summed E-state index contributed by atoms with van der Waals surface area (Å²) in [6, 6.07) is 0. The van der Waals surface area contributed by atoms with Gasteiger partial charge in [0.15, 0.2) is 0 Å². The zero-order valence-electron chi connectivity index (χ0n) is 11.8. The molecular formula is C14H20O6-2. The molecule has 2 atom stereocenters. The third kappa shape index (κ3) is 2.11. The molecule has 0 spiro atoms. The topological polar surface area (TPSA) is 98.7 Å². The summed E-state index contributed by atoms with van der Waals surface area (Å²) < 4.78 is 11.3. The van der Waals surface area contributed by atoms with Crippen LogP contribution in [-0.4, -0.2) is 36.4 Å². The second-order valence-electron chi connectivity index (χ2n) is 5.59. The van der Waals surface area contributed by atoms with Crippen molar-refractivity contribution in [1.82, 2.24) is 0 Å². The van der Waals surface area contributed by atoms with Crippen LogP contribution in [0, 0.1) is 11.8 Å². The molecule has 114 valence electrons. The zero-order chi connectivity index (χ0) is 15.0. The lowest BCUT2D eigenvalue weighted by atomic mass is 9.53. The van der Waals surface area contributed by atoms with Gasteiger partial charge in [0.25, 0.3) is 0 Å². The first-order chi connectivity index (χ1) is 9.42. The fourth-order valence-electron chi connectivity index (χ4n) is 4.07. The van der Waals surface area contributed by atoms with Gasteiger partial charge in [-0.05, 0) is 39.5 Å². The molecule has 2 bridgehead atoms. The molecule has 0 aromatic carbocycles. The van der Waals surface area contributed by atoms with E-state index in [9.17, 15) is 19.8 Å². The summed E-state index contributed by atoms with van der Waals surface area (Å²) in [5.74, 6) is -5.23. The maximum Gasteiger partial charge on any atom is 0.0771 e. The minimum Gasteiger partial charge on any atom is -0.550 e. The molecule has 3 aliphatic carbocycles. The zero-order valence-corrected chi connectivity index (χ0v) is 11.8. The summed E-state index contributed by atoms with van der Waals surface area (Å²) in [6.45, 7) is 4.22. The number of carboxylic acid groups (broad SMARTS) is 2. The van der Waals surface area contributed by atoms with Gasteiger partial charge in [-0.15, -0.1) is 0 Å². The van der Waals surface area contributed by atoms with Gasteiger partial charge in [-0.25, -0.2) is 0 Å². The number of ether oxygens (including phenoxy) is 2. The molecule has 0 unspecified atom stereocenters. The lowest BCUT2D eigenvalue weighted by Gasteiger charge is -2.61. The van der Waals surface area contributed by atoms with E-state index >= 15 is 0 Å². The third-order valence-corrected chi connectivity index (χ3v) is 4.78. The lowest BCUT2D eigenvalue weighted by molar-refractivity contribution is -0.356. The van der Waals surface area contributed by atoms with E-state index in [0.29, 0.717) is 38.9 Å². The van der Waals surface area contributed by atoms with Crippen LogP contribution in [0.1, 0.15) is 39.5 Å². The first-order valence-electron chi connectivity index (χ1n) is 7.12. The van der Waals surface area contributed by atoms with E-state index in [4.69, 9.17) is 9.47 Å². The average molecular weight is 284 g/mol. The number of hydrogen-bond donors (Lipinski definition) is 0. The molecule has 20 heavy (non-hydrogen) atoms. The van der Waals surface area contributed by atoms with Crippen LogP contribution in [0.25, 0.3) is 0 Å². The van der Waals surface area contributed by atoms with E-state index in [2.05, 4.69) is 0 Å². The highest BCUT2D eigenvalue weighted by molar-refractivity contribution is 5.81. The van der Waals surface area contributed by atoms with Gasteiger partial charge >= 0.3 is 0 Å². The highest BCUT2D eigenvalue weighted by Crippen LogP contribution is 2.56. The van der Waals surface area contributed by atoms with Gasteiger partial charge in [0.05, 0.1) is 11.2 Å². The van der Waals surface area contributed by atoms with E-state index in [0.717, 1.165) is 0 Å². The van der Waals surface area contributed by atoms with Crippen LogP contribution in [0.15, 0.2) is 0 Å². The van der Waals surface area contributed by atoms with Gasteiger partial charge in [-0.3, -0.25) is 0 Å². The van der Waals surface area contributed by atoms with E-state index < -0.39 is 35.0 Å². The molecule has 3 fully saturated rings. The largest absolute Gasteiger partial charge is 0.550 e. The second kappa shape index (κ2) is 5.33. The summed E-state index contributed by atoms with van der Waals surface area (Å²) in [5.41, 5.74) is -1.92. The van der Waals surface area contributed by atoms with Crippen LogP contribution in [0.4, 0.5) is 0 Å². The molecular weight excluding hydrogens is 264 g/mol. The van der Waals surface area contributed by atoms with Crippen molar-refractivity contribution in [2.75, 3.05) is 13.2 Å². The molecule has 0 N–H and O–H groups in total. The van der Waals surface area contributed by atoms with E-state index in [1.54, 1.807) is 13.8 Å². The van der Waals surface area contributed by atoms with Gasteiger partial charge in [0.2, 0.25) is 0 Å².